The normalized spacial score (nSPS) is 11.6. The van der Waals surface area contributed by atoms with E-state index in [-0.39, 0.29) is 18.0 Å². The van der Waals surface area contributed by atoms with Gasteiger partial charge >= 0.3 is 0 Å². The molecule has 1 N–H and O–H groups in total. The molecule has 0 spiro atoms. The molecular formula is C22H23ClN2O2. The summed E-state index contributed by atoms with van der Waals surface area (Å²) >= 11 is 6.23. The number of aromatic nitrogens is 1. The van der Waals surface area contributed by atoms with E-state index >= 15 is 0 Å². The van der Waals surface area contributed by atoms with Crippen LogP contribution in [0.4, 0.5) is 0 Å². The lowest BCUT2D eigenvalue weighted by molar-refractivity contribution is 0.0558. The maximum absolute atomic E-state index is 13.2. The molecule has 1 amide bonds. The highest BCUT2D eigenvalue weighted by Crippen LogP contribution is 2.24. The molecular weight excluding hydrogens is 360 g/mol. The zero-order valence-corrected chi connectivity index (χ0v) is 16.7. The van der Waals surface area contributed by atoms with Crippen LogP contribution in [0.1, 0.15) is 42.3 Å². The van der Waals surface area contributed by atoms with Gasteiger partial charge in [-0.15, -0.1) is 0 Å². The quantitative estimate of drug-likeness (QED) is 0.698. The van der Waals surface area contributed by atoms with Crippen molar-refractivity contribution in [2.45, 2.75) is 39.8 Å². The summed E-state index contributed by atoms with van der Waals surface area (Å²) in [6.45, 7) is 8.04. The molecule has 1 heterocycles. The summed E-state index contributed by atoms with van der Waals surface area (Å²) in [6, 6.07) is 14.7. The van der Waals surface area contributed by atoms with E-state index in [0.717, 1.165) is 16.5 Å². The Kier molecular flexibility index (Phi) is 5.11. The number of benzene rings is 2. The lowest BCUT2D eigenvalue weighted by Crippen LogP contribution is -2.46. The summed E-state index contributed by atoms with van der Waals surface area (Å²) in [7, 11) is 0. The second-order valence-electron chi connectivity index (χ2n) is 7.76. The van der Waals surface area contributed by atoms with Crippen molar-refractivity contribution in [3.05, 3.63) is 80.6 Å². The Hall–Kier alpha value is -2.59. The molecule has 4 nitrogen and oxygen atoms in total. The van der Waals surface area contributed by atoms with Crippen LogP contribution in [0, 0.1) is 6.92 Å². The third-order valence-corrected chi connectivity index (χ3v) is 4.89. The standard InChI is InChI=1S/C22H23ClN2O2/c1-14-9-10-19-15(11-14)12-16(20(26)24-19)13-25(22(2,3)4)21(27)17-7-5-6-8-18(17)23/h5-12H,13H2,1-4H3,(H,24,26). The number of halogens is 1. The van der Waals surface area contributed by atoms with Crippen LogP contribution in [0.25, 0.3) is 10.9 Å². The van der Waals surface area contributed by atoms with E-state index in [1.165, 1.54) is 0 Å². The monoisotopic (exact) mass is 382 g/mol. The summed E-state index contributed by atoms with van der Waals surface area (Å²) in [6.07, 6.45) is 0. The van der Waals surface area contributed by atoms with E-state index in [0.29, 0.717) is 16.1 Å². The molecule has 0 unspecified atom stereocenters. The average Bonchev–Trinajstić information content (AvgIpc) is 2.59. The lowest BCUT2D eigenvalue weighted by Gasteiger charge is -2.36. The number of carbonyl (C=O) groups is 1. The number of aromatic amines is 1. The molecule has 3 aromatic rings. The van der Waals surface area contributed by atoms with Crippen molar-refractivity contribution in [2.75, 3.05) is 0 Å². The summed E-state index contributed by atoms with van der Waals surface area (Å²) in [5.41, 5.74) is 2.21. The number of carbonyl (C=O) groups excluding carboxylic acids is 1. The first-order valence-corrected chi connectivity index (χ1v) is 9.23. The van der Waals surface area contributed by atoms with Gasteiger partial charge in [0.15, 0.2) is 0 Å². The molecule has 0 radical (unpaired) electrons. The Labute approximate surface area is 163 Å². The van der Waals surface area contributed by atoms with Gasteiger partial charge in [0.05, 0.1) is 17.1 Å². The van der Waals surface area contributed by atoms with Crippen molar-refractivity contribution >= 4 is 28.4 Å². The average molecular weight is 383 g/mol. The fraction of sp³-hybridized carbons (Fsp3) is 0.273. The Balaban J connectivity index is 2.04. The third-order valence-electron chi connectivity index (χ3n) is 4.56. The van der Waals surface area contributed by atoms with Crippen molar-refractivity contribution in [1.82, 2.24) is 9.88 Å². The van der Waals surface area contributed by atoms with Crippen molar-refractivity contribution in [3.63, 3.8) is 0 Å². The highest BCUT2D eigenvalue weighted by atomic mass is 35.5. The molecule has 0 saturated carbocycles. The lowest BCUT2D eigenvalue weighted by atomic mass is 10.0. The van der Waals surface area contributed by atoms with E-state index in [4.69, 9.17) is 11.6 Å². The first-order valence-electron chi connectivity index (χ1n) is 8.86. The van der Waals surface area contributed by atoms with Gasteiger partial charge in [-0.25, -0.2) is 0 Å². The van der Waals surface area contributed by atoms with Crippen molar-refractivity contribution in [3.8, 4) is 0 Å². The second-order valence-corrected chi connectivity index (χ2v) is 8.16. The Morgan fingerprint density at radius 1 is 1.11 bits per heavy atom. The zero-order valence-electron chi connectivity index (χ0n) is 16.0. The minimum Gasteiger partial charge on any atom is -0.329 e. The van der Waals surface area contributed by atoms with Gasteiger partial charge in [0, 0.05) is 16.6 Å². The van der Waals surface area contributed by atoms with Crippen LogP contribution >= 0.6 is 11.6 Å². The number of rotatable bonds is 3. The van der Waals surface area contributed by atoms with Gasteiger partial charge in [0.25, 0.3) is 11.5 Å². The predicted octanol–water partition coefficient (Wildman–Crippen LogP) is 4.93. The van der Waals surface area contributed by atoms with E-state index in [9.17, 15) is 9.59 Å². The molecule has 0 aliphatic heterocycles. The van der Waals surface area contributed by atoms with Gasteiger partial charge in [-0.2, -0.15) is 0 Å². The number of hydrogen-bond donors (Lipinski definition) is 1. The maximum Gasteiger partial charge on any atom is 0.256 e. The summed E-state index contributed by atoms with van der Waals surface area (Å²) in [5.74, 6) is -0.197. The topological polar surface area (TPSA) is 53.2 Å². The minimum absolute atomic E-state index is 0.187. The number of H-pyrrole nitrogens is 1. The fourth-order valence-electron chi connectivity index (χ4n) is 3.05. The van der Waals surface area contributed by atoms with Gasteiger partial charge < -0.3 is 9.88 Å². The largest absolute Gasteiger partial charge is 0.329 e. The van der Waals surface area contributed by atoms with Crippen LogP contribution in [0.3, 0.4) is 0 Å². The van der Waals surface area contributed by atoms with Crippen molar-refractivity contribution < 1.29 is 4.79 Å². The third kappa shape index (κ3) is 4.06. The fourth-order valence-corrected chi connectivity index (χ4v) is 3.27. The number of hydrogen-bond acceptors (Lipinski definition) is 2. The molecule has 0 atom stereocenters. The number of fused-ring (bicyclic) bond motifs is 1. The molecule has 0 aliphatic carbocycles. The smallest absolute Gasteiger partial charge is 0.256 e. The number of aryl methyl sites for hydroxylation is 1. The SMILES string of the molecule is Cc1ccc2[nH]c(=O)c(CN(C(=O)c3ccccc3Cl)C(C)(C)C)cc2c1. The number of amides is 1. The Morgan fingerprint density at radius 2 is 1.81 bits per heavy atom. The van der Waals surface area contributed by atoms with E-state index < -0.39 is 5.54 Å². The molecule has 2 aromatic carbocycles. The van der Waals surface area contributed by atoms with Crippen LogP contribution in [0.2, 0.25) is 5.02 Å². The summed E-state index contributed by atoms with van der Waals surface area (Å²) < 4.78 is 0. The molecule has 0 saturated heterocycles. The van der Waals surface area contributed by atoms with Gasteiger partial charge in [-0.3, -0.25) is 9.59 Å². The van der Waals surface area contributed by atoms with Gasteiger partial charge in [0.2, 0.25) is 0 Å². The van der Waals surface area contributed by atoms with Crippen molar-refractivity contribution in [2.24, 2.45) is 0 Å². The first-order chi connectivity index (χ1) is 12.7. The number of nitrogens with one attached hydrogen (secondary N) is 1. The maximum atomic E-state index is 13.2. The number of pyridine rings is 1. The van der Waals surface area contributed by atoms with Crippen LogP contribution in [0.15, 0.2) is 53.3 Å². The molecule has 5 heteroatoms. The van der Waals surface area contributed by atoms with Crippen molar-refractivity contribution in [1.29, 1.82) is 0 Å². The molecule has 27 heavy (non-hydrogen) atoms. The summed E-state index contributed by atoms with van der Waals surface area (Å²) in [5, 5.41) is 1.35. The minimum atomic E-state index is -0.482. The first kappa shape index (κ1) is 19.2. The van der Waals surface area contributed by atoms with E-state index in [2.05, 4.69) is 4.98 Å². The van der Waals surface area contributed by atoms with Crippen LogP contribution in [-0.2, 0) is 6.54 Å². The van der Waals surface area contributed by atoms with Crippen LogP contribution in [-0.4, -0.2) is 21.3 Å². The summed E-state index contributed by atoms with van der Waals surface area (Å²) in [4.78, 5) is 30.4. The molecule has 3 rings (SSSR count). The van der Waals surface area contributed by atoms with Gasteiger partial charge in [-0.1, -0.05) is 35.4 Å². The molecule has 0 fully saturated rings. The molecule has 0 aliphatic rings. The predicted molar refractivity (Wildman–Crippen MR) is 110 cm³/mol. The Bertz CT molecular complexity index is 1060. The molecule has 140 valence electrons. The zero-order chi connectivity index (χ0) is 19.8. The van der Waals surface area contributed by atoms with E-state index in [1.807, 2.05) is 52.0 Å². The van der Waals surface area contributed by atoms with E-state index in [1.54, 1.807) is 29.2 Å². The molecule has 0 bridgehead atoms. The number of nitrogens with zero attached hydrogens (tertiary/aromatic N) is 1. The highest BCUT2D eigenvalue weighted by molar-refractivity contribution is 6.33. The van der Waals surface area contributed by atoms with Gasteiger partial charge in [-0.05, 0) is 63.4 Å². The second kappa shape index (κ2) is 7.20. The van der Waals surface area contributed by atoms with Crippen LogP contribution in [0.5, 0.6) is 0 Å². The van der Waals surface area contributed by atoms with Gasteiger partial charge in [0.1, 0.15) is 0 Å². The molecule has 1 aromatic heterocycles. The highest BCUT2D eigenvalue weighted by Gasteiger charge is 2.29. The van der Waals surface area contributed by atoms with Crippen LogP contribution < -0.4 is 5.56 Å². The Morgan fingerprint density at radius 3 is 2.48 bits per heavy atom.